The van der Waals surface area contributed by atoms with Crippen molar-refractivity contribution in [3.8, 4) is 5.75 Å². The zero-order valence-electron chi connectivity index (χ0n) is 15.2. The number of hydrazine groups is 1. The molecule has 148 valence electrons. The van der Waals surface area contributed by atoms with Crippen LogP contribution in [0.25, 0.3) is 0 Å². The van der Waals surface area contributed by atoms with Gasteiger partial charge in [0.15, 0.2) is 5.11 Å². The molecule has 3 N–H and O–H groups in total. The molecule has 0 bridgehead atoms. The summed E-state index contributed by atoms with van der Waals surface area (Å²) in [6, 6.07) is 13.7. The second kappa shape index (κ2) is 11.4. The topological polar surface area (TPSA) is 88.7 Å². The van der Waals surface area contributed by atoms with Crippen LogP contribution in [0.3, 0.4) is 0 Å². The molecule has 0 spiro atoms. The van der Waals surface area contributed by atoms with E-state index in [0.29, 0.717) is 41.2 Å². The molecule has 0 aliphatic carbocycles. The summed E-state index contributed by atoms with van der Waals surface area (Å²) < 4.78 is 11.4. The van der Waals surface area contributed by atoms with E-state index in [1.165, 1.54) is 0 Å². The van der Waals surface area contributed by atoms with Crippen LogP contribution >= 0.6 is 28.1 Å². The molecule has 0 aromatic heterocycles. The number of thiocarbonyl (C=S) groups is 1. The van der Waals surface area contributed by atoms with E-state index in [-0.39, 0.29) is 5.11 Å². The molecule has 0 saturated heterocycles. The second-order valence-electron chi connectivity index (χ2n) is 5.38. The number of para-hydroxylation sites is 1. The standard InChI is InChI=1S/C19H20BrN3O4S/c1-2-26-11-12-27-16-10-6-4-8-14(16)17(24)21-19(28)23-22-18(25)13-7-3-5-9-15(13)20/h3-10H,2,11-12H2,1H3,(H,22,25)(H2,21,23,24,28). The summed E-state index contributed by atoms with van der Waals surface area (Å²) in [5.41, 5.74) is 5.69. The number of amides is 2. The molecule has 7 nitrogen and oxygen atoms in total. The lowest BCUT2D eigenvalue weighted by atomic mass is 10.2. The van der Waals surface area contributed by atoms with E-state index in [0.717, 1.165) is 0 Å². The Labute approximate surface area is 176 Å². The normalized spacial score (nSPS) is 10.1. The van der Waals surface area contributed by atoms with Gasteiger partial charge in [-0.2, -0.15) is 0 Å². The Balaban J connectivity index is 1.89. The molecule has 0 aliphatic heterocycles. The maximum absolute atomic E-state index is 12.5. The predicted octanol–water partition coefficient (Wildman–Crippen LogP) is 2.81. The molecule has 2 rings (SSSR count). The average molecular weight is 466 g/mol. The van der Waals surface area contributed by atoms with Crippen LogP contribution in [0.1, 0.15) is 27.6 Å². The lowest BCUT2D eigenvalue weighted by molar-refractivity contribution is 0.0930. The van der Waals surface area contributed by atoms with Crippen LogP contribution in [0.15, 0.2) is 53.0 Å². The van der Waals surface area contributed by atoms with Gasteiger partial charge in [-0.3, -0.25) is 25.8 Å². The lowest BCUT2D eigenvalue weighted by Crippen LogP contribution is -2.48. The van der Waals surface area contributed by atoms with Gasteiger partial charge in [-0.15, -0.1) is 0 Å². The SMILES string of the molecule is CCOCCOc1ccccc1C(=O)NC(=S)NNC(=O)c1ccccc1Br. The quantitative estimate of drug-likeness (QED) is 0.331. The molecule has 28 heavy (non-hydrogen) atoms. The van der Waals surface area contributed by atoms with Gasteiger partial charge in [0.05, 0.1) is 17.7 Å². The highest BCUT2D eigenvalue weighted by Gasteiger charge is 2.14. The van der Waals surface area contributed by atoms with E-state index in [4.69, 9.17) is 21.7 Å². The van der Waals surface area contributed by atoms with Crippen molar-refractivity contribution in [3.63, 3.8) is 0 Å². The van der Waals surface area contributed by atoms with E-state index in [2.05, 4.69) is 32.1 Å². The molecule has 2 aromatic rings. The summed E-state index contributed by atoms with van der Waals surface area (Å²) in [7, 11) is 0. The van der Waals surface area contributed by atoms with Crippen molar-refractivity contribution in [2.75, 3.05) is 19.8 Å². The van der Waals surface area contributed by atoms with Crippen LogP contribution in [0.4, 0.5) is 0 Å². The van der Waals surface area contributed by atoms with Crippen molar-refractivity contribution >= 4 is 45.1 Å². The summed E-state index contributed by atoms with van der Waals surface area (Å²) in [5, 5.41) is 2.46. The van der Waals surface area contributed by atoms with Crippen LogP contribution in [0.2, 0.25) is 0 Å². The van der Waals surface area contributed by atoms with E-state index < -0.39 is 11.8 Å². The monoisotopic (exact) mass is 465 g/mol. The molecule has 0 saturated carbocycles. The summed E-state index contributed by atoms with van der Waals surface area (Å²) >= 11 is 8.37. The Morgan fingerprint density at radius 2 is 1.64 bits per heavy atom. The first kappa shape index (κ1) is 21.8. The van der Waals surface area contributed by atoms with Crippen LogP contribution in [-0.2, 0) is 4.74 Å². The van der Waals surface area contributed by atoms with Crippen molar-refractivity contribution in [2.45, 2.75) is 6.92 Å². The maximum Gasteiger partial charge on any atom is 0.270 e. The number of halogens is 1. The number of nitrogens with one attached hydrogen (secondary N) is 3. The Bertz CT molecular complexity index is 847. The zero-order chi connectivity index (χ0) is 20.4. The fourth-order valence-electron chi connectivity index (χ4n) is 2.16. The Kier molecular flexibility index (Phi) is 8.86. The van der Waals surface area contributed by atoms with Gasteiger partial charge in [-0.1, -0.05) is 24.3 Å². The highest BCUT2D eigenvalue weighted by atomic mass is 79.9. The fourth-order valence-corrected chi connectivity index (χ4v) is 2.77. The molecule has 2 aromatic carbocycles. The van der Waals surface area contributed by atoms with Crippen molar-refractivity contribution in [1.29, 1.82) is 0 Å². The van der Waals surface area contributed by atoms with E-state index >= 15 is 0 Å². The molecule has 0 atom stereocenters. The molecule has 9 heteroatoms. The smallest absolute Gasteiger partial charge is 0.270 e. The zero-order valence-corrected chi connectivity index (χ0v) is 17.6. The average Bonchev–Trinajstić information content (AvgIpc) is 2.70. The van der Waals surface area contributed by atoms with Gasteiger partial charge >= 0.3 is 0 Å². The Hall–Kier alpha value is -2.49. The van der Waals surface area contributed by atoms with Crippen LogP contribution < -0.4 is 20.9 Å². The number of benzene rings is 2. The van der Waals surface area contributed by atoms with Gasteiger partial charge < -0.3 is 9.47 Å². The summed E-state index contributed by atoms with van der Waals surface area (Å²) in [4.78, 5) is 24.6. The van der Waals surface area contributed by atoms with Crippen molar-refractivity contribution in [2.24, 2.45) is 0 Å². The minimum Gasteiger partial charge on any atom is -0.490 e. The van der Waals surface area contributed by atoms with Gasteiger partial charge in [0.25, 0.3) is 11.8 Å². The van der Waals surface area contributed by atoms with E-state index in [1.54, 1.807) is 48.5 Å². The van der Waals surface area contributed by atoms with Gasteiger partial charge in [-0.25, -0.2) is 0 Å². The number of carbonyl (C=O) groups excluding carboxylic acids is 2. The summed E-state index contributed by atoms with van der Waals surface area (Å²) in [5.74, 6) is -0.442. The molecule has 0 aliphatic rings. The fraction of sp³-hybridized carbons (Fsp3) is 0.211. The minimum absolute atomic E-state index is 0.0467. The molecule has 0 heterocycles. The van der Waals surface area contributed by atoms with Gasteiger partial charge in [0.2, 0.25) is 0 Å². The minimum atomic E-state index is -0.459. The molecular weight excluding hydrogens is 446 g/mol. The van der Waals surface area contributed by atoms with Crippen LogP contribution in [0, 0.1) is 0 Å². The molecule has 0 unspecified atom stereocenters. The van der Waals surface area contributed by atoms with Crippen molar-refractivity contribution in [3.05, 3.63) is 64.1 Å². The van der Waals surface area contributed by atoms with Gasteiger partial charge in [0.1, 0.15) is 12.4 Å². The summed E-state index contributed by atoms with van der Waals surface area (Å²) in [6.45, 7) is 3.23. The first-order valence-electron chi connectivity index (χ1n) is 8.48. The maximum atomic E-state index is 12.5. The lowest BCUT2D eigenvalue weighted by Gasteiger charge is -2.13. The third kappa shape index (κ3) is 6.59. The first-order valence-corrected chi connectivity index (χ1v) is 9.68. The van der Waals surface area contributed by atoms with Crippen LogP contribution in [0.5, 0.6) is 5.75 Å². The van der Waals surface area contributed by atoms with Crippen molar-refractivity contribution in [1.82, 2.24) is 16.2 Å². The second-order valence-corrected chi connectivity index (χ2v) is 6.65. The number of carbonyl (C=O) groups is 2. The number of hydrogen-bond acceptors (Lipinski definition) is 5. The number of ether oxygens (including phenoxy) is 2. The Morgan fingerprint density at radius 1 is 0.964 bits per heavy atom. The third-order valence-electron chi connectivity index (χ3n) is 3.46. The van der Waals surface area contributed by atoms with Crippen LogP contribution in [-0.4, -0.2) is 36.7 Å². The van der Waals surface area contributed by atoms with Gasteiger partial charge in [0, 0.05) is 11.1 Å². The van der Waals surface area contributed by atoms with E-state index in [1.807, 2.05) is 6.92 Å². The predicted molar refractivity (Wildman–Crippen MR) is 113 cm³/mol. The number of hydrogen-bond donors (Lipinski definition) is 3. The third-order valence-corrected chi connectivity index (χ3v) is 4.35. The van der Waals surface area contributed by atoms with Gasteiger partial charge in [-0.05, 0) is 59.3 Å². The molecular formula is C19H20BrN3O4S. The molecule has 2 amide bonds. The highest BCUT2D eigenvalue weighted by molar-refractivity contribution is 9.10. The first-order chi connectivity index (χ1) is 13.5. The molecule has 0 fully saturated rings. The summed E-state index contributed by atoms with van der Waals surface area (Å²) in [6.07, 6.45) is 0. The number of rotatable bonds is 7. The largest absolute Gasteiger partial charge is 0.490 e. The Morgan fingerprint density at radius 3 is 2.36 bits per heavy atom. The highest BCUT2D eigenvalue weighted by Crippen LogP contribution is 2.18. The molecule has 0 radical (unpaired) electrons. The van der Waals surface area contributed by atoms with E-state index in [9.17, 15) is 9.59 Å². The van der Waals surface area contributed by atoms with Crippen molar-refractivity contribution < 1.29 is 19.1 Å².